The molecule has 166 valence electrons. The van der Waals surface area contributed by atoms with Crippen molar-refractivity contribution in [3.63, 3.8) is 0 Å². The first-order valence-electron chi connectivity index (χ1n) is 10.2. The smallest absolute Gasteiger partial charge is 0.295 e. The van der Waals surface area contributed by atoms with E-state index < -0.39 is 22.7 Å². The van der Waals surface area contributed by atoms with Crippen LogP contribution in [0, 0.1) is 10.1 Å². The molecular formula is C23H22N2O7. The van der Waals surface area contributed by atoms with E-state index in [4.69, 9.17) is 9.47 Å². The number of nitro groups is 1. The van der Waals surface area contributed by atoms with Gasteiger partial charge in [0.05, 0.1) is 29.8 Å². The predicted molar refractivity (Wildman–Crippen MR) is 114 cm³/mol. The quantitative estimate of drug-likeness (QED) is 0.242. The molecule has 1 N–H and O–H groups in total. The van der Waals surface area contributed by atoms with Crippen LogP contribution in [0.2, 0.25) is 0 Å². The van der Waals surface area contributed by atoms with Crippen LogP contribution in [0.15, 0.2) is 54.1 Å². The Morgan fingerprint density at radius 3 is 2.44 bits per heavy atom. The maximum atomic E-state index is 13.0. The monoisotopic (exact) mass is 438 g/mol. The van der Waals surface area contributed by atoms with Crippen LogP contribution in [0.5, 0.6) is 5.75 Å². The summed E-state index contributed by atoms with van der Waals surface area (Å²) in [5, 5.41) is 22.1. The Kier molecular flexibility index (Phi) is 5.91. The van der Waals surface area contributed by atoms with Crippen LogP contribution in [-0.2, 0) is 14.3 Å². The van der Waals surface area contributed by atoms with Crippen molar-refractivity contribution in [2.75, 3.05) is 20.3 Å². The third-order valence-electron chi connectivity index (χ3n) is 5.75. The lowest BCUT2D eigenvalue weighted by Gasteiger charge is -2.27. The first kappa shape index (κ1) is 21.5. The van der Waals surface area contributed by atoms with Crippen LogP contribution < -0.4 is 4.74 Å². The molecular weight excluding hydrogens is 416 g/mol. The zero-order valence-corrected chi connectivity index (χ0v) is 17.4. The summed E-state index contributed by atoms with van der Waals surface area (Å²) < 4.78 is 10.8. The average molecular weight is 438 g/mol. The predicted octanol–water partition coefficient (Wildman–Crippen LogP) is 3.20. The van der Waals surface area contributed by atoms with Crippen LogP contribution in [0.25, 0.3) is 5.76 Å². The Labute approximate surface area is 184 Å². The second-order valence-electron chi connectivity index (χ2n) is 7.66. The summed E-state index contributed by atoms with van der Waals surface area (Å²) in [5.74, 6) is -1.28. The van der Waals surface area contributed by atoms with Crippen molar-refractivity contribution < 1.29 is 29.1 Å². The molecule has 32 heavy (non-hydrogen) atoms. The molecule has 2 fully saturated rings. The number of likely N-dealkylation sites (tertiary alicyclic amines) is 1. The zero-order chi connectivity index (χ0) is 22.8. The van der Waals surface area contributed by atoms with E-state index in [0.717, 1.165) is 12.8 Å². The lowest BCUT2D eigenvalue weighted by Crippen LogP contribution is -2.36. The summed E-state index contributed by atoms with van der Waals surface area (Å²) in [6.45, 7) is 0.772. The molecule has 0 unspecified atom stereocenters. The Balaban J connectivity index is 1.80. The molecule has 2 aliphatic heterocycles. The van der Waals surface area contributed by atoms with Gasteiger partial charge in [0, 0.05) is 30.8 Å². The minimum Gasteiger partial charge on any atom is -0.507 e. The number of ether oxygens (including phenoxy) is 2. The van der Waals surface area contributed by atoms with Crippen LogP contribution in [0.4, 0.5) is 5.69 Å². The summed E-state index contributed by atoms with van der Waals surface area (Å²) in [6, 6.07) is 11.2. The molecule has 2 saturated heterocycles. The molecule has 0 saturated carbocycles. The maximum absolute atomic E-state index is 13.0. The summed E-state index contributed by atoms with van der Waals surface area (Å²) >= 11 is 0. The van der Waals surface area contributed by atoms with Gasteiger partial charge in [-0.3, -0.25) is 19.7 Å². The highest BCUT2D eigenvalue weighted by molar-refractivity contribution is 6.46. The molecule has 1 amide bonds. The highest BCUT2D eigenvalue weighted by Crippen LogP contribution is 2.40. The summed E-state index contributed by atoms with van der Waals surface area (Å²) in [5.41, 5.74) is 0.669. The molecule has 2 aromatic rings. The van der Waals surface area contributed by atoms with Crippen molar-refractivity contribution in [1.29, 1.82) is 0 Å². The zero-order valence-electron chi connectivity index (χ0n) is 17.4. The van der Waals surface area contributed by atoms with Gasteiger partial charge in [-0.25, -0.2) is 0 Å². The Morgan fingerprint density at radius 1 is 1.19 bits per heavy atom. The van der Waals surface area contributed by atoms with Gasteiger partial charge in [0.2, 0.25) is 0 Å². The van der Waals surface area contributed by atoms with Crippen molar-refractivity contribution in [3.05, 3.63) is 75.3 Å². The van der Waals surface area contributed by atoms with Crippen LogP contribution >= 0.6 is 0 Å². The highest BCUT2D eigenvalue weighted by atomic mass is 16.6. The number of aliphatic hydroxyl groups excluding tert-OH is 1. The number of methoxy groups -OCH3 is 1. The molecule has 0 aromatic heterocycles. The van der Waals surface area contributed by atoms with Gasteiger partial charge in [-0.2, -0.15) is 0 Å². The largest absolute Gasteiger partial charge is 0.507 e. The Bertz CT molecular complexity index is 1070. The van der Waals surface area contributed by atoms with E-state index in [1.165, 1.54) is 36.3 Å². The van der Waals surface area contributed by atoms with Crippen molar-refractivity contribution in [2.24, 2.45) is 0 Å². The molecule has 4 rings (SSSR count). The first-order valence-corrected chi connectivity index (χ1v) is 10.2. The average Bonchev–Trinajstić information content (AvgIpc) is 3.41. The minimum atomic E-state index is -0.887. The number of amides is 1. The van der Waals surface area contributed by atoms with E-state index in [1.54, 1.807) is 24.3 Å². The SMILES string of the molecule is COc1ccc(/C(O)=C2\C(=O)C(=O)N(C[C@H]3CCCO3)[C@H]2c2ccc([N+](=O)[O-])cc2)cc1. The minimum absolute atomic E-state index is 0.0629. The van der Waals surface area contributed by atoms with E-state index in [-0.39, 0.29) is 29.7 Å². The molecule has 9 nitrogen and oxygen atoms in total. The van der Waals surface area contributed by atoms with E-state index in [9.17, 15) is 24.8 Å². The van der Waals surface area contributed by atoms with Crippen LogP contribution in [0.1, 0.15) is 30.0 Å². The number of carbonyl (C=O) groups is 2. The van der Waals surface area contributed by atoms with Crippen molar-refractivity contribution in [3.8, 4) is 5.75 Å². The number of carbonyl (C=O) groups excluding carboxylic acids is 2. The molecule has 2 atom stereocenters. The number of non-ortho nitro benzene ring substituents is 1. The molecule has 0 spiro atoms. The number of nitro benzene ring substituents is 1. The van der Waals surface area contributed by atoms with Crippen molar-refractivity contribution in [1.82, 2.24) is 4.90 Å². The van der Waals surface area contributed by atoms with Gasteiger partial charge >= 0.3 is 0 Å². The molecule has 2 heterocycles. The number of nitrogens with zero attached hydrogens (tertiary/aromatic N) is 2. The summed E-state index contributed by atoms with van der Waals surface area (Å²) in [7, 11) is 1.51. The molecule has 2 aromatic carbocycles. The molecule has 0 radical (unpaired) electrons. The van der Waals surface area contributed by atoms with Gasteiger partial charge in [0.25, 0.3) is 17.4 Å². The second kappa shape index (κ2) is 8.80. The number of benzene rings is 2. The number of Topliss-reactive ketones (excluding diaryl/α,β-unsaturated/α-hetero) is 1. The van der Waals surface area contributed by atoms with Crippen molar-refractivity contribution in [2.45, 2.75) is 25.0 Å². The molecule has 0 aliphatic carbocycles. The number of hydrogen-bond acceptors (Lipinski definition) is 7. The van der Waals surface area contributed by atoms with Crippen molar-refractivity contribution >= 4 is 23.1 Å². The number of hydrogen-bond donors (Lipinski definition) is 1. The summed E-state index contributed by atoms with van der Waals surface area (Å²) in [4.78, 5) is 37.9. The number of rotatable bonds is 6. The van der Waals surface area contributed by atoms with Gasteiger partial charge < -0.3 is 19.5 Å². The fourth-order valence-electron chi connectivity index (χ4n) is 4.11. The topological polar surface area (TPSA) is 119 Å². The van der Waals surface area contributed by atoms with E-state index in [2.05, 4.69) is 0 Å². The van der Waals surface area contributed by atoms with Gasteiger partial charge in [-0.15, -0.1) is 0 Å². The normalized spacial score (nSPS) is 22.3. The second-order valence-corrected chi connectivity index (χ2v) is 7.66. The third-order valence-corrected chi connectivity index (χ3v) is 5.75. The Hall–Kier alpha value is -3.72. The van der Waals surface area contributed by atoms with E-state index in [1.807, 2.05) is 0 Å². The number of aliphatic hydroxyl groups is 1. The first-order chi connectivity index (χ1) is 15.4. The lowest BCUT2D eigenvalue weighted by molar-refractivity contribution is -0.384. The third kappa shape index (κ3) is 3.94. The van der Waals surface area contributed by atoms with E-state index in [0.29, 0.717) is 23.5 Å². The highest BCUT2D eigenvalue weighted by Gasteiger charge is 2.47. The molecule has 9 heteroatoms. The van der Waals surface area contributed by atoms with Crippen LogP contribution in [-0.4, -0.2) is 53.0 Å². The summed E-state index contributed by atoms with van der Waals surface area (Å²) in [6.07, 6.45) is 1.41. The molecule has 0 bridgehead atoms. The van der Waals surface area contributed by atoms with Gasteiger partial charge in [0.15, 0.2) is 0 Å². The standard InChI is InChI=1S/C23H22N2O7/c1-31-17-10-6-15(7-11-17)21(26)19-20(14-4-8-16(9-5-14)25(29)30)24(23(28)22(19)27)13-18-3-2-12-32-18/h4-11,18,20,26H,2-3,12-13H2,1H3/b21-19+/t18-,20+/m1/s1. The fraction of sp³-hybridized carbons (Fsp3) is 0.304. The van der Waals surface area contributed by atoms with Gasteiger partial charge in [-0.05, 0) is 54.8 Å². The lowest BCUT2D eigenvalue weighted by atomic mass is 9.95. The van der Waals surface area contributed by atoms with E-state index >= 15 is 0 Å². The van der Waals surface area contributed by atoms with Gasteiger partial charge in [-0.1, -0.05) is 0 Å². The maximum Gasteiger partial charge on any atom is 0.295 e. The fourth-order valence-corrected chi connectivity index (χ4v) is 4.11. The Morgan fingerprint density at radius 2 is 1.88 bits per heavy atom. The van der Waals surface area contributed by atoms with Gasteiger partial charge in [0.1, 0.15) is 11.5 Å². The number of ketones is 1. The molecule has 2 aliphatic rings. The van der Waals surface area contributed by atoms with Crippen LogP contribution in [0.3, 0.4) is 0 Å².